The Morgan fingerprint density at radius 3 is 3.00 bits per heavy atom. The van der Waals surface area contributed by atoms with Crippen LogP contribution < -0.4 is 9.64 Å². The normalized spacial score (nSPS) is 19.4. The molecule has 16 heavy (non-hydrogen) atoms. The van der Waals surface area contributed by atoms with Gasteiger partial charge in [-0.05, 0) is 12.1 Å². The highest BCUT2D eigenvalue weighted by Gasteiger charge is 2.33. The molecule has 0 aromatic heterocycles. The quantitative estimate of drug-likeness (QED) is 0.731. The van der Waals surface area contributed by atoms with E-state index in [0.717, 1.165) is 0 Å². The number of nitrogens with zero attached hydrogens (tertiary/aromatic N) is 1. The Labute approximate surface area is 94.1 Å². The number of benzene rings is 1. The van der Waals surface area contributed by atoms with Gasteiger partial charge in [0.15, 0.2) is 0 Å². The minimum atomic E-state index is -0.366. The number of anilines is 1. The lowest BCUT2D eigenvalue weighted by Gasteiger charge is -2.20. The molecule has 84 valence electrons. The van der Waals surface area contributed by atoms with Crippen LogP contribution in [0.2, 0.25) is 0 Å². The number of para-hydroxylation sites is 2. The zero-order chi connectivity index (χ0) is 11.5. The number of methoxy groups -OCH3 is 1. The van der Waals surface area contributed by atoms with Crippen LogP contribution in [-0.4, -0.2) is 25.9 Å². The highest BCUT2D eigenvalue weighted by atomic mass is 16.6. The van der Waals surface area contributed by atoms with E-state index in [-0.39, 0.29) is 12.1 Å². The molecule has 0 spiro atoms. The predicted octanol–water partition coefficient (Wildman–Crippen LogP) is 2.21. The molecule has 4 nitrogen and oxygen atoms in total. The summed E-state index contributed by atoms with van der Waals surface area (Å²) in [7, 11) is 1.57. The standard InChI is InChI=1S/C12H13NO3/c1-3-9-8-16-12(14)13(9)10-6-4-5-7-11(10)15-2/h3-7,9H,1,8H2,2H3/t9-/m0/s1. The van der Waals surface area contributed by atoms with Crippen molar-refractivity contribution >= 4 is 11.8 Å². The van der Waals surface area contributed by atoms with Crippen LogP contribution in [-0.2, 0) is 4.74 Å². The first-order valence-electron chi connectivity index (χ1n) is 4.99. The SMILES string of the molecule is C=C[C@H]1COC(=O)N1c1ccccc1OC. The summed E-state index contributed by atoms with van der Waals surface area (Å²) in [5.41, 5.74) is 0.706. The smallest absolute Gasteiger partial charge is 0.415 e. The van der Waals surface area contributed by atoms with Gasteiger partial charge >= 0.3 is 6.09 Å². The van der Waals surface area contributed by atoms with Crippen molar-refractivity contribution in [1.29, 1.82) is 0 Å². The molecule has 4 heteroatoms. The third kappa shape index (κ3) is 1.62. The number of amides is 1. The third-order valence-electron chi connectivity index (χ3n) is 2.52. The summed E-state index contributed by atoms with van der Waals surface area (Å²) in [6.07, 6.45) is 1.33. The van der Waals surface area contributed by atoms with E-state index >= 15 is 0 Å². The molecule has 0 bridgehead atoms. The van der Waals surface area contributed by atoms with Gasteiger partial charge < -0.3 is 9.47 Å². The minimum Gasteiger partial charge on any atom is -0.495 e. The highest BCUT2D eigenvalue weighted by molar-refractivity contribution is 5.92. The van der Waals surface area contributed by atoms with Gasteiger partial charge in [-0.15, -0.1) is 6.58 Å². The first-order chi connectivity index (χ1) is 7.77. The molecular weight excluding hydrogens is 206 g/mol. The zero-order valence-electron chi connectivity index (χ0n) is 9.05. The topological polar surface area (TPSA) is 38.8 Å². The summed E-state index contributed by atoms with van der Waals surface area (Å²) in [5.74, 6) is 0.646. The zero-order valence-corrected chi connectivity index (χ0v) is 9.05. The summed E-state index contributed by atoms with van der Waals surface area (Å²) in [6.45, 7) is 4.03. The molecule has 0 N–H and O–H groups in total. The van der Waals surface area contributed by atoms with E-state index in [1.807, 2.05) is 18.2 Å². The Morgan fingerprint density at radius 2 is 2.31 bits per heavy atom. The van der Waals surface area contributed by atoms with Crippen molar-refractivity contribution in [2.75, 3.05) is 18.6 Å². The molecule has 1 atom stereocenters. The van der Waals surface area contributed by atoms with Crippen LogP contribution in [0, 0.1) is 0 Å². The lowest BCUT2D eigenvalue weighted by atomic mass is 10.2. The average Bonchev–Trinajstić information content (AvgIpc) is 2.70. The van der Waals surface area contributed by atoms with Crippen LogP contribution in [0.3, 0.4) is 0 Å². The number of ether oxygens (including phenoxy) is 2. The highest BCUT2D eigenvalue weighted by Crippen LogP contribution is 2.32. The van der Waals surface area contributed by atoms with Gasteiger partial charge in [-0.3, -0.25) is 4.90 Å². The van der Waals surface area contributed by atoms with E-state index in [4.69, 9.17) is 9.47 Å². The summed E-state index contributed by atoms with van der Waals surface area (Å²) >= 11 is 0. The minimum absolute atomic E-state index is 0.135. The summed E-state index contributed by atoms with van der Waals surface area (Å²) in [5, 5.41) is 0. The molecule has 1 fully saturated rings. The molecular formula is C12H13NO3. The third-order valence-corrected chi connectivity index (χ3v) is 2.52. The molecule has 1 heterocycles. The molecule has 1 aromatic rings. The van der Waals surface area contributed by atoms with E-state index in [2.05, 4.69) is 6.58 Å². The van der Waals surface area contributed by atoms with Crippen molar-refractivity contribution in [2.45, 2.75) is 6.04 Å². The second kappa shape index (κ2) is 4.26. The van der Waals surface area contributed by atoms with Crippen molar-refractivity contribution < 1.29 is 14.3 Å². The van der Waals surface area contributed by atoms with E-state index in [1.54, 1.807) is 24.2 Å². The first kappa shape index (κ1) is 10.5. The fourth-order valence-corrected chi connectivity index (χ4v) is 1.72. The Kier molecular flexibility index (Phi) is 2.81. The van der Waals surface area contributed by atoms with Gasteiger partial charge in [0.05, 0.1) is 18.8 Å². The van der Waals surface area contributed by atoms with Crippen LogP contribution in [0.15, 0.2) is 36.9 Å². The lowest BCUT2D eigenvalue weighted by Crippen LogP contribution is -2.31. The second-order valence-electron chi connectivity index (χ2n) is 3.42. The number of rotatable bonds is 3. The largest absolute Gasteiger partial charge is 0.495 e. The molecule has 0 unspecified atom stereocenters. The van der Waals surface area contributed by atoms with Crippen LogP contribution in [0.4, 0.5) is 10.5 Å². The van der Waals surface area contributed by atoms with Crippen LogP contribution in [0.1, 0.15) is 0 Å². The molecule has 1 aliphatic rings. The Balaban J connectivity index is 2.41. The Bertz CT molecular complexity index is 416. The van der Waals surface area contributed by atoms with Crippen molar-refractivity contribution in [3.8, 4) is 5.75 Å². The summed E-state index contributed by atoms with van der Waals surface area (Å²) in [4.78, 5) is 13.2. The number of carbonyl (C=O) groups excluding carboxylic acids is 1. The van der Waals surface area contributed by atoms with Crippen molar-refractivity contribution in [1.82, 2.24) is 0 Å². The summed E-state index contributed by atoms with van der Waals surface area (Å²) < 4.78 is 10.2. The number of hydrogen-bond donors (Lipinski definition) is 0. The van der Waals surface area contributed by atoms with Gasteiger partial charge in [0.25, 0.3) is 0 Å². The van der Waals surface area contributed by atoms with Gasteiger partial charge in [-0.1, -0.05) is 18.2 Å². The molecule has 0 radical (unpaired) electrons. The maximum absolute atomic E-state index is 11.6. The van der Waals surface area contributed by atoms with Crippen molar-refractivity contribution in [3.05, 3.63) is 36.9 Å². The number of hydrogen-bond acceptors (Lipinski definition) is 3. The van der Waals surface area contributed by atoms with Crippen LogP contribution in [0.25, 0.3) is 0 Å². The molecule has 1 amide bonds. The fourth-order valence-electron chi connectivity index (χ4n) is 1.72. The molecule has 1 aromatic carbocycles. The van der Waals surface area contributed by atoms with E-state index in [1.165, 1.54) is 0 Å². The van der Waals surface area contributed by atoms with Gasteiger partial charge in [0, 0.05) is 0 Å². The molecule has 0 saturated carbocycles. The first-order valence-corrected chi connectivity index (χ1v) is 4.99. The van der Waals surface area contributed by atoms with E-state index in [0.29, 0.717) is 18.0 Å². The maximum Gasteiger partial charge on any atom is 0.415 e. The molecule has 1 aliphatic heterocycles. The Morgan fingerprint density at radius 1 is 1.56 bits per heavy atom. The van der Waals surface area contributed by atoms with Crippen LogP contribution in [0.5, 0.6) is 5.75 Å². The lowest BCUT2D eigenvalue weighted by molar-refractivity contribution is 0.179. The van der Waals surface area contributed by atoms with Gasteiger partial charge in [-0.2, -0.15) is 0 Å². The average molecular weight is 219 g/mol. The Hall–Kier alpha value is -1.97. The van der Waals surface area contributed by atoms with Gasteiger partial charge in [-0.25, -0.2) is 4.79 Å². The fraction of sp³-hybridized carbons (Fsp3) is 0.250. The van der Waals surface area contributed by atoms with E-state index in [9.17, 15) is 4.79 Å². The second-order valence-corrected chi connectivity index (χ2v) is 3.42. The predicted molar refractivity (Wildman–Crippen MR) is 60.8 cm³/mol. The maximum atomic E-state index is 11.6. The van der Waals surface area contributed by atoms with Crippen LogP contribution >= 0.6 is 0 Å². The van der Waals surface area contributed by atoms with Gasteiger partial charge in [0.2, 0.25) is 0 Å². The van der Waals surface area contributed by atoms with E-state index < -0.39 is 0 Å². The molecule has 2 rings (SSSR count). The monoisotopic (exact) mass is 219 g/mol. The molecule has 1 saturated heterocycles. The van der Waals surface area contributed by atoms with Gasteiger partial charge in [0.1, 0.15) is 12.4 Å². The number of carbonyl (C=O) groups is 1. The van der Waals surface area contributed by atoms with Crippen molar-refractivity contribution in [3.63, 3.8) is 0 Å². The summed E-state index contributed by atoms with van der Waals surface area (Å²) in [6, 6.07) is 7.20. The molecule has 0 aliphatic carbocycles. The van der Waals surface area contributed by atoms with Crippen molar-refractivity contribution in [2.24, 2.45) is 0 Å². The number of cyclic esters (lactones) is 1.